The maximum atomic E-state index is 4.85. The molecule has 2 heteroatoms. The van der Waals surface area contributed by atoms with Gasteiger partial charge in [0.15, 0.2) is 0 Å². The second-order valence-corrected chi connectivity index (χ2v) is 7.14. The van der Waals surface area contributed by atoms with E-state index in [1.807, 2.05) is 12.1 Å². The molecule has 0 saturated heterocycles. The Morgan fingerprint density at radius 3 is 1.89 bits per heavy atom. The van der Waals surface area contributed by atoms with Crippen LogP contribution in [0.25, 0.3) is 54.7 Å². The van der Waals surface area contributed by atoms with Crippen molar-refractivity contribution in [1.29, 1.82) is 0 Å². The molecule has 4 aromatic carbocycles. The third kappa shape index (κ3) is 2.35. The third-order valence-electron chi connectivity index (χ3n) is 5.39. The summed E-state index contributed by atoms with van der Waals surface area (Å²) in [5, 5.41) is 4.66. The van der Waals surface area contributed by atoms with Gasteiger partial charge in [-0.05, 0) is 53.6 Å². The minimum atomic E-state index is 1.02. The van der Waals surface area contributed by atoms with Crippen LogP contribution in [0.15, 0.2) is 97.1 Å². The Kier molecular flexibility index (Phi) is 3.20. The quantitative estimate of drug-likeness (QED) is 0.304. The highest BCUT2D eigenvalue weighted by Gasteiger charge is 2.08. The lowest BCUT2D eigenvalue weighted by atomic mass is 9.97. The molecule has 6 aromatic rings. The van der Waals surface area contributed by atoms with E-state index in [2.05, 4.69) is 84.9 Å². The number of fused-ring (bicyclic) bond motifs is 4. The number of pyridine rings is 2. The van der Waals surface area contributed by atoms with Gasteiger partial charge in [-0.2, -0.15) is 0 Å². The number of hydrogen-bond acceptors (Lipinski definition) is 2. The first-order valence-corrected chi connectivity index (χ1v) is 9.44. The summed E-state index contributed by atoms with van der Waals surface area (Å²) in [4.78, 5) is 9.66. The standard InChI is InChI=1S/C26H16N2/c1-3-9-23-18(6-1)15-20-14-17(12-13-25(20)27-23)21-8-5-11-26-22(21)16-19-7-2-4-10-24(19)28-26/h1-16H. The fourth-order valence-corrected chi connectivity index (χ4v) is 4.00. The molecule has 0 spiro atoms. The Balaban J connectivity index is 1.62. The first-order valence-electron chi connectivity index (χ1n) is 9.44. The van der Waals surface area contributed by atoms with E-state index in [9.17, 15) is 0 Å². The topological polar surface area (TPSA) is 25.8 Å². The highest BCUT2D eigenvalue weighted by Crippen LogP contribution is 2.32. The lowest BCUT2D eigenvalue weighted by Crippen LogP contribution is -1.87. The van der Waals surface area contributed by atoms with Crippen molar-refractivity contribution >= 4 is 43.6 Å². The minimum absolute atomic E-state index is 1.02. The van der Waals surface area contributed by atoms with Gasteiger partial charge < -0.3 is 0 Å². The van der Waals surface area contributed by atoms with Crippen LogP contribution in [-0.2, 0) is 0 Å². The van der Waals surface area contributed by atoms with Crippen LogP contribution in [0.2, 0.25) is 0 Å². The molecule has 0 bridgehead atoms. The number of benzene rings is 4. The van der Waals surface area contributed by atoms with Gasteiger partial charge in [0.25, 0.3) is 0 Å². The molecule has 0 aliphatic rings. The molecule has 0 amide bonds. The highest BCUT2D eigenvalue weighted by atomic mass is 14.7. The number of para-hydroxylation sites is 2. The van der Waals surface area contributed by atoms with Crippen molar-refractivity contribution in [2.45, 2.75) is 0 Å². The van der Waals surface area contributed by atoms with Crippen molar-refractivity contribution in [2.75, 3.05) is 0 Å². The molecule has 0 unspecified atom stereocenters. The molecular formula is C26H16N2. The summed E-state index contributed by atoms with van der Waals surface area (Å²) in [5.74, 6) is 0. The molecule has 6 rings (SSSR count). The summed E-state index contributed by atoms with van der Waals surface area (Å²) in [5.41, 5.74) is 6.49. The van der Waals surface area contributed by atoms with E-state index in [1.165, 1.54) is 16.5 Å². The molecular weight excluding hydrogens is 340 g/mol. The average Bonchev–Trinajstić information content (AvgIpc) is 2.75. The Morgan fingerprint density at radius 2 is 1.07 bits per heavy atom. The molecule has 28 heavy (non-hydrogen) atoms. The van der Waals surface area contributed by atoms with E-state index in [0.29, 0.717) is 0 Å². The number of rotatable bonds is 1. The van der Waals surface area contributed by atoms with Crippen molar-refractivity contribution < 1.29 is 0 Å². The second-order valence-electron chi connectivity index (χ2n) is 7.14. The lowest BCUT2D eigenvalue weighted by Gasteiger charge is -2.10. The van der Waals surface area contributed by atoms with Gasteiger partial charge in [-0.1, -0.05) is 54.6 Å². The molecule has 0 radical (unpaired) electrons. The Bertz CT molecular complexity index is 1520. The fourth-order valence-electron chi connectivity index (χ4n) is 4.00. The van der Waals surface area contributed by atoms with E-state index >= 15 is 0 Å². The summed E-state index contributed by atoms with van der Waals surface area (Å²) >= 11 is 0. The minimum Gasteiger partial charge on any atom is -0.248 e. The predicted octanol–water partition coefficient (Wildman–Crippen LogP) is 6.76. The second kappa shape index (κ2) is 5.86. The van der Waals surface area contributed by atoms with Crippen LogP contribution in [0.1, 0.15) is 0 Å². The van der Waals surface area contributed by atoms with Crippen LogP contribution < -0.4 is 0 Å². The van der Waals surface area contributed by atoms with Crippen LogP contribution in [0, 0.1) is 0 Å². The predicted molar refractivity (Wildman–Crippen MR) is 117 cm³/mol. The largest absolute Gasteiger partial charge is 0.248 e. The van der Waals surface area contributed by atoms with Crippen LogP contribution in [0.3, 0.4) is 0 Å². The summed E-state index contributed by atoms with van der Waals surface area (Å²) in [6.45, 7) is 0. The summed E-state index contributed by atoms with van der Waals surface area (Å²) < 4.78 is 0. The van der Waals surface area contributed by atoms with Crippen molar-refractivity contribution in [3.8, 4) is 11.1 Å². The van der Waals surface area contributed by atoms with Gasteiger partial charge in [0.1, 0.15) is 0 Å². The smallest absolute Gasteiger partial charge is 0.0715 e. The van der Waals surface area contributed by atoms with E-state index in [-0.39, 0.29) is 0 Å². The zero-order valence-corrected chi connectivity index (χ0v) is 15.1. The first-order chi connectivity index (χ1) is 13.8. The van der Waals surface area contributed by atoms with Crippen LogP contribution in [0.4, 0.5) is 0 Å². The third-order valence-corrected chi connectivity index (χ3v) is 5.39. The van der Waals surface area contributed by atoms with Gasteiger partial charge in [0.2, 0.25) is 0 Å². The molecule has 2 nitrogen and oxygen atoms in total. The molecule has 0 N–H and O–H groups in total. The Hall–Kier alpha value is -3.78. The van der Waals surface area contributed by atoms with E-state index in [1.54, 1.807) is 0 Å². The molecule has 130 valence electrons. The summed E-state index contributed by atoms with van der Waals surface area (Å²) in [6.07, 6.45) is 0. The Labute approximate surface area is 162 Å². The first kappa shape index (κ1) is 15.3. The van der Waals surface area contributed by atoms with Gasteiger partial charge in [-0.3, -0.25) is 0 Å². The van der Waals surface area contributed by atoms with Crippen LogP contribution >= 0.6 is 0 Å². The van der Waals surface area contributed by atoms with Crippen molar-refractivity contribution in [3.63, 3.8) is 0 Å². The lowest BCUT2D eigenvalue weighted by molar-refractivity contribution is 1.49. The van der Waals surface area contributed by atoms with Gasteiger partial charge in [-0.15, -0.1) is 0 Å². The van der Waals surface area contributed by atoms with E-state index < -0.39 is 0 Å². The van der Waals surface area contributed by atoms with Crippen molar-refractivity contribution in [1.82, 2.24) is 9.97 Å². The molecule has 0 fully saturated rings. The normalized spacial score (nSPS) is 11.6. The van der Waals surface area contributed by atoms with Crippen LogP contribution in [0.5, 0.6) is 0 Å². The molecule has 0 saturated carbocycles. The highest BCUT2D eigenvalue weighted by molar-refractivity contribution is 6.03. The number of aromatic nitrogens is 2. The molecule has 0 atom stereocenters. The molecule has 2 aromatic heterocycles. The average molecular weight is 356 g/mol. The SMILES string of the molecule is c1ccc2nc3ccc(-c4cccc5nc6ccccc6cc45)cc3cc2c1. The Morgan fingerprint density at radius 1 is 0.429 bits per heavy atom. The monoisotopic (exact) mass is 356 g/mol. The number of nitrogens with zero attached hydrogens (tertiary/aromatic N) is 2. The van der Waals surface area contributed by atoms with E-state index in [4.69, 9.17) is 9.97 Å². The molecule has 0 aliphatic heterocycles. The zero-order chi connectivity index (χ0) is 18.5. The maximum absolute atomic E-state index is 4.85. The van der Waals surface area contributed by atoms with E-state index in [0.717, 1.165) is 38.2 Å². The fraction of sp³-hybridized carbons (Fsp3) is 0. The van der Waals surface area contributed by atoms with Crippen molar-refractivity contribution in [2.24, 2.45) is 0 Å². The van der Waals surface area contributed by atoms with Crippen LogP contribution in [-0.4, -0.2) is 9.97 Å². The molecule has 2 heterocycles. The number of hydrogen-bond donors (Lipinski definition) is 0. The van der Waals surface area contributed by atoms with Crippen molar-refractivity contribution in [3.05, 3.63) is 97.1 Å². The van der Waals surface area contributed by atoms with Gasteiger partial charge in [0, 0.05) is 21.5 Å². The molecule has 0 aliphatic carbocycles. The summed E-state index contributed by atoms with van der Waals surface area (Å²) in [6, 6.07) is 33.9. The maximum Gasteiger partial charge on any atom is 0.0715 e. The van der Waals surface area contributed by atoms with Gasteiger partial charge >= 0.3 is 0 Å². The van der Waals surface area contributed by atoms with Gasteiger partial charge in [-0.25, -0.2) is 9.97 Å². The van der Waals surface area contributed by atoms with Gasteiger partial charge in [0.05, 0.1) is 22.1 Å². The zero-order valence-electron chi connectivity index (χ0n) is 15.1. The summed E-state index contributed by atoms with van der Waals surface area (Å²) in [7, 11) is 0.